The largest absolute Gasteiger partial charge is 0.264 e. The Labute approximate surface area is 125 Å². The van der Waals surface area contributed by atoms with Crippen LogP contribution in [0.5, 0.6) is 0 Å². The zero-order chi connectivity index (χ0) is 14.0. The van der Waals surface area contributed by atoms with Crippen molar-refractivity contribution in [1.29, 1.82) is 0 Å². The second-order valence-corrected chi connectivity index (χ2v) is 6.47. The van der Waals surface area contributed by atoms with Crippen molar-refractivity contribution in [2.24, 2.45) is 0 Å². The molecule has 1 heterocycles. The quantitative estimate of drug-likeness (QED) is 0.925. The lowest BCUT2D eigenvalue weighted by atomic mass is 10.4. The molecule has 0 aliphatic carbocycles. The summed E-state index contributed by atoms with van der Waals surface area (Å²) in [6, 6.07) is 7.09. The van der Waals surface area contributed by atoms with E-state index in [9.17, 15) is 8.42 Å². The van der Waals surface area contributed by atoms with E-state index in [2.05, 4.69) is 9.71 Å². The average Bonchev–Trinajstić information content (AvgIpc) is 2.31. The summed E-state index contributed by atoms with van der Waals surface area (Å²) in [4.78, 5) is 3.77. The van der Waals surface area contributed by atoms with Crippen LogP contribution in [-0.2, 0) is 10.0 Å². The third kappa shape index (κ3) is 3.51. The van der Waals surface area contributed by atoms with Crippen molar-refractivity contribution in [3.05, 3.63) is 51.6 Å². The van der Waals surface area contributed by atoms with Crippen LogP contribution in [-0.4, -0.2) is 13.4 Å². The van der Waals surface area contributed by atoms with E-state index in [-0.39, 0.29) is 15.7 Å². The Bertz CT molecular complexity index is 702. The minimum absolute atomic E-state index is 0.0361. The van der Waals surface area contributed by atoms with Crippen LogP contribution in [0, 0.1) is 0 Å². The fourth-order valence-electron chi connectivity index (χ4n) is 1.32. The van der Waals surface area contributed by atoms with E-state index in [0.29, 0.717) is 10.0 Å². The molecular weight excluding hydrogens is 331 g/mol. The second-order valence-electron chi connectivity index (χ2n) is 3.54. The Kier molecular flexibility index (Phi) is 4.20. The lowest BCUT2D eigenvalue weighted by Gasteiger charge is -2.08. The van der Waals surface area contributed by atoms with Crippen molar-refractivity contribution < 1.29 is 8.42 Å². The first-order chi connectivity index (χ1) is 8.88. The van der Waals surface area contributed by atoms with Crippen LogP contribution in [0.3, 0.4) is 0 Å². The zero-order valence-electron chi connectivity index (χ0n) is 9.27. The molecule has 0 amide bonds. The van der Waals surface area contributed by atoms with Gasteiger partial charge < -0.3 is 0 Å². The lowest BCUT2D eigenvalue weighted by molar-refractivity contribution is 0.601. The van der Waals surface area contributed by atoms with Crippen molar-refractivity contribution in [2.75, 3.05) is 4.72 Å². The summed E-state index contributed by atoms with van der Waals surface area (Å²) < 4.78 is 26.5. The molecule has 8 heteroatoms. The third-order valence-corrected chi connectivity index (χ3v) is 4.45. The Morgan fingerprint density at radius 3 is 2.26 bits per heavy atom. The number of rotatable bonds is 3. The number of hydrogen-bond acceptors (Lipinski definition) is 3. The van der Waals surface area contributed by atoms with Crippen LogP contribution in [0.1, 0.15) is 0 Å². The fraction of sp³-hybridized carbons (Fsp3) is 0. The van der Waals surface area contributed by atoms with Crippen molar-refractivity contribution >= 4 is 50.6 Å². The Morgan fingerprint density at radius 2 is 1.68 bits per heavy atom. The van der Waals surface area contributed by atoms with Gasteiger partial charge in [-0.1, -0.05) is 34.8 Å². The van der Waals surface area contributed by atoms with Crippen molar-refractivity contribution in [1.82, 2.24) is 4.98 Å². The Balaban J connectivity index is 2.35. The maximum atomic E-state index is 12.1. The van der Waals surface area contributed by atoms with Gasteiger partial charge in [-0.15, -0.1) is 0 Å². The topological polar surface area (TPSA) is 59.1 Å². The molecule has 0 spiro atoms. The molecule has 0 aliphatic rings. The number of hydrogen-bond donors (Lipinski definition) is 1. The van der Waals surface area contributed by atoms with Gasteiger partial charge in [0.15, 0.2) is 0 Å². The SMILES string of the molecule is O=S(=O)(Nc1ccc(Cl)cn1)c1ccc(Cl)cc1Cl. The summed E-state index contributed by atoms with van der Waals surface area (Å²) in [5.41, 5.74) is 0. The maximum Gasteiger partial charge on any atom is 0.264 e. The van der Waals surface area contributed by atoms with E-state index in [1.807, 2.05) is 0 Å². The number of sulfonamides is 1. The van der Waals surface area contributed by atoms with Gasteiger partial charge in [-0.2, -0.15) is 0 Å². The molecule has 0 radical (unpaired) electrons. The number of anilines is 1. The molecule has 1 aromatic carbocycles. The highest BCUT2D eigenvalue weighted by Gasteiger charge is 2.18. The molecule has 100 valence electrons. The molecule has 2 rings (SSSR count). The summed E-state index contributed by atoms with van der Waals surface area (Å²) in [7, 11) is -3.82. The van der Waals surface area contributed by atoms with Crippen LogP contribution in [0.2, 0.25) is 15.1 Å². The predicted molar refractivity (Wildman–Crippen MR) is 76.5 cm³/mol. The monoisotopic (exact) mass is 336 g/mol. The van der Waals surface area contributed by atoms with E-state index in [1.165, 1.54) is 36.5 Å². The first-order valence-electron chi connectivity index (χ1n) is 4.98. The first kappa shape index (κ1) is 14.4. The molecule has 0 atom stereocenters. The number of pyridine rings is 1. The summed E-state index contributed by atoms with van der Waals surface area (Å²) in [6.45, 7) is 0. The van der Waals surface area contributed by atoms with Crippen LogP contribution in [0.25, 0.3) is 0 Å². The predicted octanol–water partition coefficient (Wildman–Crippen LogP) is 3.84. The van der Waals surface area contributed by atoms with E-state index in [1.54, 1.807) is 0 Å². The molecule has 2 aromatic rings. The number of nitrogens with zero attached hydrogens (tertiary/aromatic N) is 1. The Morgan fingerprint density at radius 1 is 1.00 bits per heavy atom. The van der Waals surface area contributed by atoms with Gasteiger partial charge in [-0.3, -0.25) is 4.72 Å². The van der Waals surface area contributed by atoms with E-state index >= 15 is 0 Å². The van der Waals surface area contributed by atoms with E-state index in [0.717, 1.165) is 0 Å². The van der Waals surface area contributed by atoms with Crippen molar-refractivity contribution in [2.45, 2.75) is 4.90 Å². The van der Waals surface area contributed by atoms with Gasteiger partial charge in [0.2, 0.25) is 0 Å². The first-order valence-corrected chi connectivity index (χ1v) is 7.59. The van der Waals surface area contributed by atoms with Crippen molar-refractivity contribution in [3.8, 4) is 0 Å². The second kappa shape index (κ2) is 5.54. The summed E-state index contributed by atoms with van der Waals surface area (Å²) >= 11 is 17.2. The van der Waals surface area contributed by atoms with Gasteiger partial charge in [0.25, 0.3) is 10.0 Å². The minimum Gasteiger partial charge on any atom is -0.263 e. The molecule has 0 unspecified atom stereocenters. The molecule has 1 N–H and O–H groups in total. The molecule has 19 heavy (non-hydrogen) atoms. The molecule has 0 aliphatic heterocycles. The average molecular weight is 338 g/mol. The normalized spacial score (nSPS) is 11.3. The molecule has 0 saturated carbocycles. The maximum absolute atomic E-state index is 12.1. The van der Waals surface area contributed by atoms with Crippen LogP contribution < -0.4 is 4.72 Å². The van der Waals surface area contributed by atoms with Gasteiger partial charge in [0, 0.05) is 11.2 Å². The summed E-state index contributed by atoms with van der Waals surface area (Å²) in [5, 5.41) is 0.801. The highest BCUT2D eigenvalue weighted by Crippen LogP contribution is 2.26. The van der Waals surface area contributed by atoms with Crippen LogP contribution >= 0.6 is 34.8 Å². The van der Waals surface area contributed by atoms with Crippen molar-refractivity contribution in [3.63, 3.8) is 0 Å². The van der Waals surface area contributed by atoms with E-state index in [4.69, 9.17) is 34.8 Å². The minimum atomic E-state index is -3.82. The molecule has 0 bridgehead atoms. The van der Waals surface area contributed by atoms with Crippen LogP contribution in [0.15, 0.2) is 41.4 Å². The molecule has 1 aromatic heterocycles. The van der Waals surface area contributed by atoms with Crippen LogP contribution in [0.4, 0.5) is 5.82 Å². The molecule has 0 saturated heterocycles. The highest BCUT2D eigenvalue weighted by atomic mass is 35.5. The van der Waals surface area contributed by atoms with Gasteiger partial charge in [0.05, 0.1) is 10.0 Å². The third-order valence-electron chi connectivity index (χ3n) is 2.15. The number of aromatic nitrogens is 1. The number of halogens is 3. The smallest absolute Gasteiger partial charge is 0.263 e. The standard InChI is InChI=1S/C11H7Cl3N2O2S/c12-7-1-3-10(9(14)5-7)19(17,18)16-11-4-2-8(13)6-15-11/h1-6H,(H,15,16). The van der Waals surface area contributed by atoms with Gasteiger partial charge in [-0.25, -0.2) is 13.4 Å². The van der Waals surface area contributed by atoms with E-state index < -0.39 is 10.0 Å². The summed E-state index contributed by atoms with van der Waals surface area (Å²) in [6.07, 6.45) is 1.34. The zero-order valence-corrected chi connectivity index (χ0v) is 12.4. The summed E-state index contributed by atoms with van der Waals surface area (Å²) in [5.74, 6) is 0.149. The number of nitrogens with one attached hydrogen (secondary N) is 1. The molecular formula is C11H7Cl3N2O2S. The highest BCUT2D eigenvalue weighted by molar-refractivity contribution is 7.92. The lowest BCUT2D eigenvalue weighted by Crippen LogP contribution is -2.14. The molecule has 0 fully saturated rings. The number of benzene rings is 1. The Hall–Kier alpha value is -1.01. The van der Waals surface area contributed by atoms with Gasteiger partial charge >= 0.3 is 0 Å². The molecule has 4 nitrogen and oxygen atoms in total. The fourth-order valence-corrected chi connectivity index (χ4v) is 3.22. The van der Waals surface area contributed by atoms with Gasteiger partial charge in [0.1, 0.15) is 10.7 Å². The van der Waals surface area contributed by atoms with Gasteiger partial charge in [-0.05, 0) is 30.3 Å².